The second kappa shape index (κ2) is 7.04. The summed E-state index contributed by atoms with van der Waals surface area (Å²) < 4.78 is 1.99. The highest BCUT2D eigenvalue weighted by molar-refractivity contribution is 5.79. The molecule has 23 heavy (non-hydrogen) atoms. The average Bonchev–Trinajstić information content (AvgIpc) is 3.17. The summed E-state index contributed by atoms with van der Waals surface area (Å²) in [5.74, 6) is 1.09. The molecule has 0 spiro atoms. The molecule has 1 atom stereocenters. The lowest BCUT2D eigenvalue weighted by Gasteiger charge is -2.33. The maximum atomic E-state index is 12.7. The quantitative estimate of drug-likeness (QED) is 0.856. The molecule has 2 aliphatic rings. The van der Waals surface area contributed by atoms with Gasteiger partial charge in [-0.2, -0.15) is 5.10 Å². The van der Waals surface area contributed by atoms with Crippen molar-refractivity contribution >= 4 is 5.91 Å². The van der Waals surface area contributed by atoms with E-state index in [4.69, 9.17) is 5.10 Å². The molecule has 1 saturated heterocycles. The molecule has 0 radical (unpaired) electrons. The maximum Gasteiger partial charge on any atom is 0.225 e. The summed E-state index contributed by atoms with van der Waals surface area (Å²) in [7, 11) is 6.18. The highest BCUT2D eigenvalue weighted by Gasteiger charge is 2.31. The summed E-state index contributed by atoms with van der Waals surface area (Å²) in [6.07, 6.45) is 6.88. The van der Waals surface area contributed by atoms with E-state index in [0.29, 0.717) is 17.7 Å². The molecule has 1 aromatic rings. The van der Waals surface area contributed by atoms with Crippen LogP contribution < -0.4 is 0 Å². The Hall–Kier alpha value is -1.36. The molecule has 5 heteroatoms. The van der Waals surface area contributed by atoms with Crippen molar-refractivity contribution in [2.45, 2.75) is 51.0 Å². The van der Waals surface area contributed by atoms with Crippen LogP contribution in [0.5, 0.6) is 0 Å². The van der Waals surface area contributed by atoms with E-state index in [1.165, 1.54) is 18.5 Å². The number of nitrogens with zero attached hydrogens (tertiary/aromatic N) is 4. The number of amides is 1. The van der Waals surface area contributed by atoms with Crippen LogP contribution in [0.25, 0.3) is 0 Å². The fraction of sp³-hybridized carbons (Fsp3) is 0.778. The molecule has 0 N–H and O–H groups in total. The minimum absolute atomic E-state index is 0.293. The highest BCUT2D eigenvalue weighted by Crippen LogP contribution is 2.31. The zero-order valence-electron chi connectivity index (χ0n) is 14.8. The summed E-state index contributed by atoms with van der Waals surface area (Å²) in [4.78, 5) is 17.0. The van der Waals surface area contributed by atoms with E-state index in [0.717, 1.165) is 51.0 Å². The molecule has 0 aromatic carbocycles. The highest BCUT2D eigenvalue weighted by atomic mass is 16.2. The molecule has 5 nitrogen and oxygen atoms in total. The third kappa shape index (κ3) is 3.77. The smallest absolute Gasteiger partial charge is 0.225 e. The molecule has 128 valence electrons. The molecular formula is C18H30N4O. The zero-order chi connectivity index (χ0) is 16.4. The first-order valence-electron chi connectivity index (χ1n) is 9.01. The van der Waals surface area contributed by atoms with Gasteiger partial charge in [0.2, 0.25) is 5.91 Å². The number of likely N-dealkylation sites (tertiary alicyclic amines) is 1. The fourth-order valence-corrected chi connectivity index (χ4v) is 4.05. The Labute approximate surface area is 139 Å². The van der Waals surface area contributed by atoms with Crippen molar-refractivity contribution in [2.75, 3.05) is 27.2 Å². The number of aromatic nitrogens is 2. The third-order valence-electron chi connectivity index (χ3n) is 5.33. The van der Waals surface area contributed by atoms with Crippen LogP contribution in [0.15, 0.2) is 6.07 Å². The Morgan fingerprint density at radius 1 is 1.26 bits per heavy atom. The van der Waals surface area contributed by atoms with Gasteiger partial charge in [-0.15, -0.1) is 0 Å². The summed E-state index contributed by atoms with van der Waals surface area (Å²) in [5, 5.41) is 4.73. The number of piperidine rings is 1. The van der Waals surface area contributed by atoms with E-state index in [1.807, 2.05) is 11.7 Å². The summed E-state index contributed by atoms with van der Waals surface area (Å²) >= 11 is 0. The first kappa shape index (κ1) is 16.5. The number of hydrogen-bond donors (Lipinski definition) is 0. The van der Waals surface area contributed by atoms with Gasteiger partial charge in [0.15, 0.2) is 0 Å². The molecule has 0 unspecified atom stereocenters. The molecule has 2 fully saturated rings. The van der Waals surface area contributed by atoms with Crippen LogP contribution in [0.4, 0.5) is 0 Å². The van der Waals surface area contributed by atoms with Gasteiger partial charge in [-0.3, -0.25) is 9.48 Å². The number of aryl methyl sites for hydroxylation is 1. The van der Waals surface area contributed by atoms with Gasteiger partial charge in [-0.05, 0) is 45.8 Å². The van der Waals surface area contributed by atoms with Crippen molar-refractivity contribution in [3.63, 3.8) is 0 Å². The maximum absolute atomic E-state index is 12.7. The topological polar surface area (TPSA) is 41.4 Å². The Bertz CT molecular complexity index is 545. The van der Waals surface area contributed by atoms with E-state index in [9.17, 15) is 4.79 Å². The van der Waals surface area contributed by atoms with Crippen molar-refractivity contribution in [3.05, 3.63) is 17.5 Å². The van der Waals surface area contributed by atoms with Gasteiger partial charge in [-0.1, -0.05) is 12.8 Å². The fourth-order valence-electron chi connectivity index (χ4n) is 4.05. The van der Waals surface area contributed by atoms with Crippen molar-refractivity contribution < 1.29 is 4.79 Å². The van der Waals surface area contributed by atoms with Gasteiger partial charge in [0.25, 0.3) is 0 Å². The second-order valence-corrected chi connectivity index (χ2v) is 7.53. The normalized spacial score (nSPS) is 23.0. The van der Waals surface area contributed by atoms with Crippen LogP contribution in [0.1, 0.15) is 55.8 Å². The van der Waals surface area contributed by atoms with E-state index < -0.39 is 0 Å². The van der Waals surface area contributed by atoms with Crippen LogP contribution >= 0.6 is 0 Å². The van der Waals surface area contributed by atoms with Gasteiger partial charge >= 0.3 is 0 Å². The molecule has 1 amide bonds. The first-order chi connectivity index (χ1) is 11.0. The second-order valence-electron chi connectivity index (χ2n) is 7.53. The number of carbonyl (C=O) groups is 1. The number of carbonyl (C=O) groups excluding carboxylic acids is 1. The third-order valence-corrected chi connectivity index (χ3v) is 5.33. The zero-order valence-corrected chi connectivity index (χ0v) is 14.8. The molecule has 1 aromatic heterocycles. The van der Waals surface area contributed by atoms with E-state index >= 15 is 0 Å². The van der Waals surface area contributed by atoms with Crippen LogP contribution in [0, 0.1) is 5.92 Å². The molecule has 3 rings (SSSR count). The Balaban J connectivity index is 1.67. The molecule has 1 aliphatic carbocycles. The van der Waals surface area contributed by atoms with E-state index in [-0.39, 0.29) is 0 Å². The summed E-state index contributed by atoms with van der Waals surface area (Å²) in [6.45, 7) is 2.69. The van der Waals surface area contributed by atoms with Crippen molar-refractivity contribution in [1.82, 2.24) is 19.6 Å². The molecule has 1 saturated carbocycles. The largest absolute Gasteiger partial charge is 0.342 e. The molecular weight excluding hydrogens is 288 g/mol. The Morgan fingerprint density at radius 3 is 2.70 bits per heavy atom. The SMILES string of the molecule is CN(C)Cc1cc([C@@H]2CCCN(C(=O)C3CCCC3)C2)nn1C. The lowest BCUT2D eigenvalue weighted by molar-refractivity contribution is -0.136. The summed E-state index contributed by atoms with van der Waals surface area (Å²) in [6, 6.07) is 2.23. The average molecular weight is 318 g/mol. The minimum Gasteiger partial charge on any atom is -0.342 e. The Morgan fingerprint density at radius 2 is 2.00 bits per heavy atom. The van der Waals surface area contributed by atoms with Crippen LogP contribution in [0.2, 0.25) is 0 Å². The standard InChI is InChI=1S/C18H30N4O/c1-20(2)13-16-11-17(19-21(16)3)15-9-6-10-22(12-15)18(23)14-7-4-5-8-14/h11,14-15H,4-10,12-13H2,1-3H3/t15-/m1/s1. The van der Waals surface area contributed by atoms with Gasteiger partial charge in [0, 0.05) is 38.5 Å². The van der Waals surface area contributed by atoms with Crippen LogP contribution in [-0.2, 0) is 18.4 Å². The first-order valence-corrected chi connectivity index (χ1v) is 9.01. The van der Waals surface area contributed by atoms with Crippen LogP contribution in [0.3, 0.4) is 0 Å². The van der Waals surface area contributed by atoms with E-state index in [1.54, 1.807) is 0 Å². The summed E-state index contributed by atoms with van der Waals surface area (Å²) in [5.41, 5.74) is 2.40. The lowest BCUT2D eigenvalue weighted by Crippen LogP contribution is -2.41. The predicted molar refractivity (Wildman–Crippen MR) is 91.1 cm³/mol. The van der Waals surface area contributed by atoms with Crippen molar-refractivity contribution in [1.29, 1.82) is 0 Å². The minimum atomic E-state index is 0.293. The van der Waals surface area contributed by atoms with Crippen molar-refractivity contribution in [3.8, 4) is 0 Å². The number of rotatable bonds is 4. The van der Waals surface area contributed by atoms with Gasteiger partial charge in [-0.25, -0.2) is 0 Å². The molecule has 2 heterocycles. The van der Waals surface area contributed by atoms with Gasteiger partial charge < -0.3 is 9.80 Å². The van der Waals surface area contributed by atoms with Gasteiger partial charge in [0.1, 0.15) is 0 Å². The van der Waals surface area contributed by atoms with Gasteiger partial charge in [0.05, 0.1) is 11.4 Å². The monoisotopic (exact) mass is 318 g/mol. The predicted octanol–water partition coefficient (Wildman–Crippen LogP) is 2.38. The number of hydrogen-bond acceptors (Lipinski definition) is 3. The molecule has 0 bridgehead atoms. The molecule has 1 aliphatic heterocycles. The lowest BCUT2D eigenvalue weighted by atomic mass is 9.93. The van der Waals surface area contributed by atoms with Crippen molar-refractivity contribution in [2.24, 2.45) is 13.0 Å². The Kier molecular flexibility index (Phi) is 5.05. The van der Waals surface area contributed by atoms with Crippen LogP contribution in [-0.4, -0.2) is 52.7 Å². The van der Waals surface area contributed by atoms with E-state index in [2.05, 4.69) is 30.0 Å².